The molecule has 1 amide bonds. The number of methoxy groups -OCH3 is 1. The van der Waals surface area contributed by atoms with Crippen molar-refractivity contribution in [3.63, 3.8) is 0 Å². The van der Waals surface area contributed by atoms with Crippen molar-refractivity contribution in [1.29, 1.82) is 0 Å². The van der Waals surface area contributed by atoms with E-state index in [1.165, 1.54) is 13.2 Å². The maximum atomic E-state index is 11.9. The number of hydrogen-bond donors (Lipinski definition) is 2. The lowest BCUT2D eigenvalue weighted by Crippen LogP contribution is -2.12. The van der Waals surface area contributed by atoms with Crippen molar-refractivity contribution in [3.8, 4) is 5.75 Å². The molecule has 0 atom stereocenters. The van der Waals surface area contributed by atoms with Crippen LogP contribution in [0.3, 0.4) is 0 Å². The predicted molar refractivity (Wildman–Crippen MR) is 64.4 cm³/mol. The third-order valence-electron chi connectivity index (χ3n) is 2.24. The highest BCUT2D eigenvalue weighted by Crippen LogP contribution is 2.22. The summed E-state index contributed by atoms with van der Waals surface area (Å²) in [5.74, 6) is 0.501. The van der Waals surface area contributed by atoms with Gasteiger partial charge in [0.1, 0.15) is 5.75 Å². The molecule has 2 rings (SSSR count). The van der Waals surface area contributed by atoms with E-state index in [9.17, 15) is 4.79 Å². The number of benzene rings is 1. The molecule has 7 heteroatoms. The first kappa shape index (κ1) is 11.9. The van der Waals surface area contributed by atoms with Gasteiger partial charge in [0, 0.05) is 5.56 Å². The monoisotopic (exact) mass is 248 g/mol. The SMILES string of the molecule is COc1cc(C(=O)Nc2nc(C)no2)ccc1N. The summed E-state index contributed by atoms with van der Waals surface area (Å²) >= 11 is 0. The predicted octanol–water partition coefficient (Wildman–Crippen LogP) is 1.22. The lowest BCUT2D eigenvalue weighted by molar-refractivity contribution is 0.102. The van der Waals surface area contributed by atoms with Crippen LogP contribution in [0.1, 0.15) is 16.2 Å². The minimum atomic E-state index is -0.378. The average Bonchev–Trinajstić information content (AvgIpc) is 2.75. The van der Waals surface area contributed by atoms with Gasteiger partial charge in [-0.1, -0.05) is 5.16 Å². The van der Waals surface area contributed by atoms with Crippen LogP contribution in [0.5, 0.6) is 5.75 Å². The lowest BCUT2D eigenvalue weighted by Gasteiger charge is -2.06. The van der Waals surface area contributed by atoms with Crippen molar-refractivity contribution < 1.29 is 14.1 Å². The zero-order valence-corrected chi connectivity index (χ0v) is 9.93. The molecule has 18 heavy (non-hydrogen) atoms. The molecule has 1 heterocycles. The summed E-state index contributed by atoms with van der Waals surface area (Å²) in [6.07, 6.45) is 0. The van der Waals surface area contributed by atoms with Gasteiger partial charge in [-0.15, -0.1) is 0 Å². The van der Waals surface area contributed by atoms with Crippen LogP contribution in [0.25, 0.3) is 0 Å². The van der Waals surface area contributed by atoms with Gasteiger partial charge in [0.25, 0.3) is 5.91 Å². The Balaban J connectivity index is 2.18. The van der Waals surface area contributed by atoms with Crippen LogP contribution in [0.4, 0.5) is 11.7 Å². The van der Waals surface area contributed by atoms with Gasteiger partial charge in [0.15, 0.2) is 5.82 Å². The van der Waals surface area contributed by atoms with Gasteiger partial charge in [-0.3, -0.25) is 10.1 Å². The van der Waals surface area contributed by atoms with Gasteiger partial charge < -0.3 is 15.0 Å². The second kappa shape index (κ2) is 4.74. The Bertz CT molecular complexity index is 579. The average molecular weight is 248 g/mol. The second-order valence-corrected chi connectivity index (χ2v) is 3.56. The van der Waals surface area contributed by atoms with Gasteiger partial charge >= 0.3 is 6.01 Å². The summed E-state index contributed by atoms with van der Waals surface area (Å²) in [6.45, 7) is 1.66. The Labute approximate surface area is 103 Å². The summed E-state index contributed by atoms with van der Waals surface area (Å²) < 4.78 is 9.82. The Hall–Kier alpha value is -2.57. The second-order valence-electron chi connectivity index (χ2n) is 3.56. The zero-order chi connectivity index (χ0) is 13.1. The van der Waals surface area contributed by atoms with E-state index < -0.39 is 0 Å². The first-order chi connectivity index (χ1) is 8.60. The van der Waals surface area contributed by atoms with Crippen LogP contribution in [-0.2, 0) is 0 Å². The minimum absolute atomic E-state index is 0.0493. The van der Waals surface area contributed by atoms with Crippen LogP contribution in [-0.4, -0.2) is 23.2 Å². The molecule has 0 bridgehead atoms. The molecule has 0 spiro atoms. The zero-order valence-electron chi connectivity index (χ0n) is 9.93. The number of aromatic nitrogens is 2. The fraction of sp³-hybridized carbons (Fsp3) is 0.182. The van der Waals surface area contributed by atoms with Gasteiger partial charge in [0.2, 0.25) is 0 Å². The number of nitrogens with two attached hydrogens (primary N) is 1. The van der Waals surface area contributed by atoms with E-state index in [1.54, 1.807) is 19.1 Å². The molecule has 2 aromatic rings. The van der Waals surface area contributed by atoms with E-state index in [2.05, 4.69) is 15.5 Å². The molecule has 0 saturated heterocycles. The van der Waals surface area contributed by atoms with Gasteiger partial charge in [-0.05, 0) is 25.1 Å². The van der Waals surface area contributed by atoms with Gasteiger partial charge in [0.05, 0.1) is 12.8 Å². The summed E-state index contributed by atoms with van der Waals surface area (Å²) in [7, 11) is 1.48. The molecule has 3 N–H and O–H groups in total. The quantitative estimate of drug-likeness (QED) is 0.791. The minimum Gasteiger partial charge on any atom is -0.495 e. The van der Waals surface area contributed by atoms with Crippen molar-refractivity contribution >= 4 is 17.6 Å². The Morgan fingerprint density at radius 2 is 2.28 bits per heavy atom. The highest BCUT2D eigenvalue weighted by Gasteiger charge is 2.12. The number of rotatable bonds is 3. The first-order valence-corrected chi connectivity index (χ1v) is 5.15. The Kier molecular flexibility index (Phi) is 3.13. The molecule has 0 fully saturated rings. The number of nitrogen functional groups attached to an aromatic ring is 1. The van der Waals surface area contributed by atoms with Crippen LogP contribution in [0.15, 0.2) is 22.7 Å². The van der Waals surface area contributed by atoms with E-state index >= 15 is 0 Å². The Morgan fingerprint density at radius 1 is 1.50 bits per heavy atom. The topological polar surface area (TPSA) is 103 Å². The van der Waals surface area contributed by atoms with Crippen molar-refractivity contribution in [2.75, 3.05) is 18.2 Å². The van der Waals surface area contributed by atoms with Gasteiger partial charge in [-0.25, -0.2) is 0 Å². The van der Waals surface area contributed by atoms with E-state index in [0.29, 0.717) is 22.8 Å². The standard InChI is InChI=1S/C11H12N4O3/c1-6-13-11(18-15-6)14-10(16)7-3-4-8(12)9(5-7)17-2/h3-5H,12H2,1-2H3,(H,13,14,15,16). The molecule has 1 aromatic heterocycles. The molecule has 0 aliphatic rings. The molecular formula is C11H12N4O3. The summed E-state index contributed by atoms with van der Waals surface area (Å²) in [5.41, 5.74) is 6.51. The smallest absolute Gasteiger partial charge is 0.328 e. The van der Waals surface area contributed by atoms with Crippen LogP contribution in [0.2, 0.25) is 0 Å². The van der Waals surface area contributed by atoms with Crippen molar-refractivity contribution in [2.24, 2.45) is 0 Å². The maximum absolute atomic E-state index is 11.9. The number of carbonyl (C=O) groups is 1. The number of aryl methyl sites for hydroxylation is 1. The summed E-state index contributed by atoms with van der Waals surface area (Å²) in [5, 5.41) is 6.04. The lowest BCUT2D eigenvalue weighted by atomic mass is 10.2. The molecule has 0 unspecified atom stereocenters. The number of carbonyl (C=O) groups excluding carboxylic acids is 1. The number of ether oxygens (including phenoxy) is 1. The van der Waals surface area contributed by atoms with Crippen molar-refractivity contribution in [1.82, 2.24) is 10.1 Å². The molecule has 0 radical (unpaired) electrons. The number of amides is 1. The van der Waals surface area contributed by atoms with Crippen molar-refractivity contribution in [3.05, 3.63) is 29.6 Å². The van der Waals surface area contributed by atoms with Crippen LogP contribution >= 0.6 is 0 Å². The van der Waals surface area contributed by atoms with Crippen LogP contribution < -0.4 is 15.8 Å². The third-order valence-corrected chi connectivity index (χ3v) is 2.24. The highest BCUT2D eigenvalue weighted by atomic mass is 16.5. The van der Waals surface area contributed by atoms with Crippen LogP contribution in [0, 0.1) is 6.92 Å². The summed E-state index contributed by atoms with van der Waals surface area (Å²) in [4.78, 5) is 15.7. The fourth-order valence-electron chi connectivity index (χ4n) is 1.37. The summed E-state index contributed by atoms with van der Waals surface area (Å²) in [6, 6.07) is 4.75. The largest absolute Gasteiger partial charge is 0.495 e. The first-order valence-electron chi connectivity index (χ1n) is 5.15. The fourth-order valence-corrected chi connectivity index (χ4v) is 1.37. The van der Waals surface area contributed by atoms with Crippen molar-refractivity contribution in [2.45, 2.75) is 6.92 Å². The molecular weight excluding hydrogens is 236 g/mol. The van der Waals surface area contributed by atoms with E-state index in [0.717, 1.165) is 0 Å². The highest BCUT2D eigenvalue weighted by molar-refractivity contribution is 6.03. The molecule has 0 aliphatic carbocycles. The third kappa shape index (κ3) is 2.40. The number of nitrogens with one attached hydrogen (secondary N) is 1. The molecule has 0 saturated carbocycles. The number of nitrogens with zero attached hydrogens (tertiary/aromatic N) is 2. The van der Waals surface area contributed by atoms with E-state index in [4.69, 9.17) is 15.0 Å². The molecule has 1 aromatic carbocycles. The van der Waals surface area contributed by atoms with Gasteiger partial charge in [-0.2, -0.15) is 4.98 Å². The normalized spacial score (nSPS) is 10.1. The molecule has 94 valence electrons. The number of hydrogen-bond acceptors (Lipinski definition) is 6. The molecule has 0 aliphatic heterocycles. The maximum Gasteiger partial charge on any atom is 0.328 e. The van der Waals surface area contributed by atoms with E-state index in [1.807, 2.05) is 0 Å². The van der Waals surface area contributed by atoms with E-state index in [-0.39, 0.29) is 11.9 Å². The number of anilines is 2. The molecule has 7 nitrogen and oxygen atoms in total. The Morgan fingerprint density at radius 3 is 2.89 bits per heavy atom.